The van der Waals surface area contributed by atoms with Crippen molar-refractivity contribution in [3.05, 3.63) is 59.7 Å². The van der Waals surface area contributed by atoms with E-state index in [2.05, 4.69) is 17.6 Å². The van der Waals surface area contributed by atoms with E-state index in [1.165, 1.54) is 5.56 Å². The Bertz CT molecular complexity index is 876. The highest BCUT2D eigenvalue weighted by Crippen LogP contribution is 2.22. The maximum absolute atomic E-state index is 12.7. The third-order valence-electron chi connectivity index (χ3n) is 5.72. The number of rotatable bonds is 7. The van der Waals surface area contributed by atoms with E-state index in [-0.39, 0.29) is 18.0 Å². The molecule has 2 fully saturated rings. The summed E-state index contributed by atoms with van der Waals surface area (Å²) in [5, 5.41) is 5.97. The standard InChI is InChI=1S/C24H29N3O3/c1-2-17-5-9-20(10-6-17)26-24(29)27-15-3-4-21(27)16-30-22-13-7-18(8-14-22)23(28)25-19-11-12-19/h5-10,13-14,19,21H,2-4,11-12,15-16H2,1H3,(H,25,28)(H,26,29). The maximum Gasteiger partial charge on any atom is 0.322 e. The highest BCUT2D eigenvalue weighted by atomic mass is 16.5. The number of urea groups is 1. The zero-order valence-corrected chi connectivity index (χ0v) is 17.4. The van der Waals surface area contributed by atoms with Crippen LogP contribution in [0, 0.1) is 0 Å². The molecular formula is C24H29N3O3. The van der Waals surface area contributed by atoms with Gasteiger partial charge in [-0.3, -0.25) is 4.79 Å². The van der Waals surface area contributed by atoms with Crippen LogP contribution in [0.1, 0.15) is 48.5 Å². The molecule has 6 nitrogen and oxygen atoms in total. The molecule has 2 aromatic rings. The van der Waals surface area contributed by atoms with Crippen molar-refractivity contribution < 1.29 is 14.3 Å². The molecule has 0 radical (unpaired) electrons. The van der Waals surface area contributed by atoms with Gasteiger partial charge in [0.1, 0.15) is 12.4 Å². The predicted octanol–water partition coefficient (Wildman–Crippen LogP) is 4.22. The Balaban J connectivity index is 1.29. The summed E-state index contributed by atoms with van der Waals surface area (Å²) in [7, 11) is 0. The fraction of sp³-hybridized carbons (Fsp3) is 0.417. The quantitative estimate of drug-likeness (QED) is 0.722. The summed E-state index contributed by atoms with van der Waals surface area (Å²) in [5.74, 6) is 0.676. The lowest BCUT2D eigenvalue weighted by atomic mass is 10.1. The summed E-state index contributed by atoms with van der Waals surface area (Å²) in [6, 6.07) is 15.5. The molecule has 0 spiro atoms. The van der Waals surface area contributed by atoms with Crippen molar-refractivity contribution >= 4 is 17.6 Å². The minimum absolute atomic E-state index is 0.0327. The summed E-state index contributed by atoms with van der Waals surface area (Å²) < 4.78 is 5.93. The molecule has 2 N–H and O–H groups in total. The van der Waals surface area contributed by atoms with Crippen LogP contribution < -0.4 is 15.4 Å². The maximum atomic E-state index is 12.7. The zero-order valence-electron chi connectivity index (χ0n) is 17.4. The van der Waals surface area contributed by atoms with Crippen molar-refractivity contribution in [3.8, 4) is 5.75 Å². The average Bonchev–Trinajstić information content (AvgIpc) is 3.46. The van der Waals surface area contributed by atoms with Gasteiger partial charge in [0.2, 0.25) is 0 Å². The van der Waals surface area contributed by atoms with Crippen LogP contribution in [-0.4, -0.2) is 42.1 Å². The van der Waals surface area contributed by atoms with Gasteiger partial charge in [-0.2, -0.15) is 0 Å². The van der Waals surface area contributed by atoms with Gasteiger partial charge in [-0.15, -0.1) is 0 Å². The lowest BCUT2D eigenvalue weighted by Crippen LogP contribution is -2.41. The van der Waals surface area contributed by atoms with Crippen molar-refractivity contribution in [2.24, 2.45) is 0 Å². The fourth-order valence-electron chi connectivity index (χ4n) is 3.69. The van der Waals surface area contributed by atoms with Gasteiger partial charge in [0.05, 0.1) is 6.04 Å². The number of hydrogen-bond acceptors (Lipinski definition) is 3. The molecule has 1 saturated carbocycles. The minimum atomic E-state index is -0.0857. The third-order valence-corrected chi connectivity index (χ3v) is 5.72. The van der Waals surface area contributed by atoms with Crippen LogP contribution in [0.2, 0.25) is 0 Å². The molecule has 1 saturated heterocycles. The van der Waals surface area contributed by atoms with E-state index in [4.69, 9.17) is 4.74 Å². The molecule has 3 amide bonds. The van der Waals surface area contributed by atoms with E-state index < -0.39 is 0 Å². The topological polar surface area (TPSA) is 70.7 Å². The lowest BCUT2D eigenvalue weighted by Gasteiger charge is -2.25. The minimum Gasteiger partial charge on any atom is -0.491 e. The Morgan fingerprint density at radius 1 is 1.03 bits per heavy atom. The lowest BCUT2D eigenvalue weighted by molar-refractivity contribution is 0.0951. The van der Waals surface area contributed by atoms with Gasteiger partial charge < -0.3 is 20.3 Å². The molecule has 2 aliphatic rings. The molecule has 2 aromatic carbocycles. The van der Waals surface area contributed by atoms with E-state index in [1.807, 2.05) is 41.3 Å². The summed E-state index contributed by atoms with van der Waals surface area (Å²) in [5.41, 5.74) is 2.70. The van der Waals surface area contributed by atoms with Crippen LogP contribution in [-0.2, 0) is 6.42 Å². The van der Waals surface area contributed by atoms with Crippen LogP contribution in [0.15, 0.2) is 48.5 Å². The molecule has 1 unspecified atom stereocenters. The summed E-state index contributed by atoms with van der Waals surface area (Å²) >= 11 is 0. The first-order chi connectivity index (χ1) is 14.6. The molecule has 1 aliphatic heterocycles. The molecule has 4 rings (SSSR count). The van der Waals surface area contributed by atoms with Crippen LogP contribution in [0.4, 0.5) is 10.5 Å². The fourth-order valence-corrected chi connectivity index (χ4v) is 3.69. The number of hydrogen-bond donors (Lipinski definition) is 2. The number of nitrogens with one attached hydrogen (secondary N) is 2. The van der Waals surface area contributed by atoms with Gasteiger partial charge in [-0.25, -0.2) is 4.79 Å². The van der Waals surface area contributed by atoms with E-state index in [0.29, 0.717) is 24.0 Å². The number of carbonyl (C=O) groups excluding carboxylic acids is 2. The second-order valence-corrected chi connectivity index (χ2v) is 8.05. The first-order valence-electron chi connectivity index (χ1n) is 10.8. The van der Waals surface area contributed by atoms with Crippen molar-refractivity contribution in [3.63, 3.8) is 0 Å². The Labute approximate surface area is 177 Å². The number of ether oxygens (including phenoxy) is 1. The van der Waals surface area contributed by atoms with E-state index in [9.17, 15) is 9.59 Å². The van der Waals surface area contributed by atoms with Crippen LogP contribution in [0.5, 0.6) is 5.75 Å². The molecule has 0 bridgehead atoms. The molecule has 1 heterocycles. The average molecular weight is 408 g/mol. The van der Waals surface area contributed by atoms with Gasteiger partial charge in [-0.1, -0.05) is 19.1 Å². The third kappa shape index (κ3) is 5.12. The molecule has 30 heavy (non-hydrogen) atoms. The number of carbonyl (C=O) groups is 2. The van der Waals surface area contributed by atoms with Gasteiger partial charge in [-0.05, 0) is 74.1 Å². The van der Waals surface area contributed by atoms with Crippen molar-refractivity contribution in [2.75, 3.05) is 18.5 Å². The number of benzene rings is 2. The molecule has 158 valence electrons. The van der Waals surface area contributed by atoms with Crippen LogP contribution in [0.3, 0.4) is 0 Å². The van der Waals surface area contributed by atoms with E-state index in [0.717, 1.165) is 44.3 Å². The van der Waals surface area contributed by atoms with Gasteiger partial charge in [0, 0.05) is 23.8 Å². The van der Waals surface area contributed by atoms with Crippen molar-refractivity contribution in [2.45, 2.75) is 51.1 Å². The summed E-state index contributed by atoms with van der Waals surface area (Å²) in [6.07, 6.45) is 5.01. The van der Waals surface area contributed by atoms with E-state index in [1.54, 1.807) is 12.1 Å². The first-order valence-corrected chi connectivity index (χ1v) is 10.8. The molecule has 6 heteroatoms. The molecular weight excluding hydrogens is 378 g/mol. The SMILES string of the molecule is CCc1ccc(NC(=O)N2CCCC2COc2ccc(C(=O)NC3CC3)cc2)cc1. The zero-order chi connectivity index (χ0) is 20.9. The Morgan fingerprint density at radius 2 is 1.77 bits per heavy atom. The first kappa shape index (κ1) is 20.3. The number of amides is 3. The Hall–Kier alpha value is -3.02. The number of anilines is 1. The van der Waals surface area contributed by atoms with Gasteiger partial charge >= 0.3 is 6.03 Å². The van der Waals surface area contributed by atoms with Gasteiger partial charge in [0.15, 0.2) is 0 Å². The second-order valence-electron chi connectivity index (χ2n) is 8.05. The van der Waals surface area contributed by atoms with Crippen LogP contribution in [0.25, 0.3) is 0 Å². The van der Waals surface area contributed by atoms with Crippen molar-refractivity contribution in [1.82, 2.24) is 10.2 Å². The van der Waals surface area contributed by atoms with Crippen molar-refractivity contribution in [1.29, 1.82) is 0 Å². The smallest absolute Gasteiger partial charge is 0.322 e. The summed E-state index contributed by atoms with van der Waals surface area (Å²) in [4.78, 5) is 26.6. The number of likely N-dealkylation sites (tertiary alicyclic amines) is 1. The highest BCUT2D eigenvalue weighted by Gasteiger charge is 2.29. The number of nitrogens with zero attached hydrogens (tertiary/aromatic N) is 1. The van der Waals surface area contributed by atoms with Crippen LogP contribution >= 0.6 is 0 Å². The Morgan fingerprint density at radius 3 is 2.43 bits per heavy atom. The largest absolute Gasteiger partial charge is 0.491 e. The monoisotopic (exact) mass is 407 g/mol. The summed E-state index contributed by atoms with van der Waals surface area (Å²) in [6.45, 7) is 3.28. The second kappa shape index (κ2) is 9.20. The Kier molecular flexibility index (Phi) is 6.21. The normalized spacial score (nSPS) is 18.2. The molecule has 1 atom stereocenters. The van der Waals surface area contributed by atoms with E-state index >= 15 is 0 Å². The molecule has 0 aromatic heterocycles. The highest BCUT2D eigenvalue weighted by molar-refractivity contribution is 5.94. The number of aryl methyl sites for hydroxylation is 1. The molecule has 1 aliphatic carbocycles. The van der Waals surface area contributed by atoms with Gasteiger partial charge in [0.25, 0.3) is 5.91 Å². The predicted molar refractivity (Wildman–Crippen MR) is 117 cm³/mol.